The van der Waals surface area contributed by atoms with E-state index < -0.39 is 0 Å². The summed E-state index contributed by atoms with van der Waals surface area (Å²) in [6.45, 7) is 6.67. The number of H-pyrrole nitrogens is 1. The standard InChI is InChI=1S/C17H26N6O2/c1-11-14(12(2)22-21-11)9-23(3)16-8-15(13-4-7-25-10-13)19-17(20-16)18-5-6-24/h8,13,24H,4-7,9-10H2,1-3H3,(H,21,22)(H,18,19,20)/t13-/m0/s1. The number of ether oxygens (including phenoxy) is 1. The molecule has 1 aliphatic rings. The monoisotopic (exact) mass is 346 g/mol. The molecule has 2 aromatic heterocycles. The number of aromatic nitrogens is 4. The number of hydrogen-bond donors (Lipinski definition) is 3. The molecule has 8 nitrogen and oxygen atoms in total. The average Bonchev–Trinajstić information content (AvgIpc) is 3.25. The lowest BCUT2D eigenvalue weighted by Crippen LogP contribution is -2.21. The topological polar surface area (TPSA) is 99.2 Å². The second-order valence-corrected chi connectivity index (χ2v) is 6.45. The minimum absolute atomic E-state index is 0.0404. The van der Waals surface area contributed by atoms with Crippen LogP contribution in [0.2, 0.25) is 0 Å². The molecule has 1 atom stereocenters. The van der Waals surface area contributed by atoms with E-state index in [1.165, 1.54) is 5.56 Å². The molecule has 3 rings (SSSR count). The molecular formula is C17H26N6O2. The first-order valence-corrected chi connectivity index (χ1v) is 8.61. The highest BCUT2D eigenvalue weighted by atomic mass is 16.5. The van der Waals surface area contributed by atoms with Crippen molar-refractivity contribution < 1.29 is 9.84 Å². The van der Waals surface area contributed by atoms with Crippen molar-refractivity contribution in [2.24, 2.45) is 0 Å². The molecule has 0 spiro atoms. The third-order valence-corrected chi connectivity index (χ3v) is 4.54. The van der Waals surface area contributed by atoms with Crippen LogP contribution < -0.4 is 10.2 Å². The van der Waals surface area contributed by atoms with Crippen LogP contribution in [0.3, 0.4) is 0 Å². The van der Waals surface area contributed by atoms with Gasteiger partial charge in [-0.15, -0.1) is 0 Å². The van der Waals surface area contributed by atoms with E-state index in [0.717, 1.165) is 35.9 Å². The summed E-state index contributed by atoms with van der Waals surface area (Å²) in [6, 6.07) is 2.04. The first-order chi connectivity index (χ1) is 12.1. The van der Waals surface area contributed by atoms with E-state index in [1.54, 1.807) is 0 Å². The summed E-state index contributed by atoms with van der Waals surface area (Å²) in [6.07, 6.45) is 0.972. The maximum Gasteiger partial charge on any atom is 0.224 e. The number of rotatable bonds is 7. The van der Waals surface area contributed by atoms with Gasteiger partial charge in [-0.2, -0.15) is 10.1 Å². The highest BCUT2D eigenvalue weighted by molar-refractivity contribution is 5.46. The lowest BCUT2D eigenvalue weighted by molar-refractivity contribution is 0.193. The number of aromatic amines is 1. The van der Waals surface area contributed by atoms with Crippen LogP contribution in [-0.2, 0) is 11.3 Å². The van der Waals surface area contributed by atoms with Gasteiger partial charge in [-0.1, -0.05) is 0 Å². The summed E-state index contributed by atoms with van der Waals surface area (Å²) in [4.78, 5) is 11.3. The molecule has 0 unspecified atom stereocenters. The van der Waals surface area contributed by atoms with Crippen molar-refractivity contribution in [3.63, 3.8) is 0 Å². The first-order valence-electron chi connectivity index (χ1n) is 8.61. The lowest BCUT2D eigenvalue weighted by Gasteiger charge is -2.21. The highest BCUT2D eigenvalue weighted by Crippen LogP contribution is 2.27. The molecule has 1 fully saturated rings. The molecule has 0 aliphatic carbocycles. The molecule has 0 amide bonds. The maximum absolute atomic E-state index is 9.06. The zero-order chi connectivity index (χ0) is 17.8. The fourth-order valence-corrected chi connectivity index (χ4v) is 3.00. The molecule has 0 aromatic carbocycles. The van der Waals surface area contributed by atoms with Crippen molar-refractivity contribution in [3.8, 4) is 0 Å². The van der Waals surface area contributed by atoms with Gasteiger partial charge in [0.1, 0.15) is 5.82 Å². The molecule has 0 saturated carbocycles. The fourth-order valence-electron chi connectivity index (χ4n) is 3.00. The zero-order valence-corrected chi connectivity index (χ0v) is 15.0. The Kier molecular flexibility index (Phi) is 5.50. The van der Waals surface area contributed by atoms with Crippen LogP contribution in [0, 0.1) is 13.8 Å². The van der Waals surface area contributed by atoms with Crippen molar-refractivity contribution in [2.75, 3.05) is 43.6 Å². The smallest absolute Gasteiger partial charge is 0.224 e. The van der Waals surface area contributed by atoms with E-state index in [1.807, 2.05) is 27.0 Å². The maximum atomic E-state index is 9.06. The largest absolute Gasteiger partial charge is 0.395 e. The van der Waals surface area contributed by atoms with E-state index in [4.69, 9.17) is 9.84 Å². The molecule has 1 aliphatic heterocycles. The molecule has 3 heterocycles. The van der Waals surface area contributed by atoms with Gasteiger partial charge in [-0.3, -0.25) is 5.10 Å². The van der Waals surface area contributed by atoms with Gasteiger partial charge in [0, 0.05) is 50.0 Å². The van der Waals surface area contributed by atoms with Gasteiger partial charge in [0.25, 0.3) is 0 Å². The van der Waals surface area contributed by atoms with Crippen molar-refractivity contribution in [2.45, 2.75) is 32.7 Å². The molecule has 25 heavy (non-hydrogen) atoms. The third-order valence-electron chi connectivity index (χ3n) is 4.54. The van der Waals surface area contributed by atoms with Crippen molar-refractivity contribution >= 4 is 11.8 Å². The summed E-state index contributed by atoms with van der Waals surface area (Å²) < 4.78 is 5.50. The van der Waals surface area contributed by atoms with E-state index in [0.29, 0.717) is 31.6 Å². The third kappa shape index (κ3) is 4.08. The number of hydrogen-bond acceptors (Lipinski definition) is 7. The van der Waals surface area contributed by atoms with Crippen molar-refractivity contribution in [1.82, 2.24) is 20.2 Å². The normalized spacial score (nSPS) is 17.0. The van der Waals surface area contributed by atoms with Crippen molar-refractivity contribution in [3.05, 3.63) is 28.7 Å². The van der Waals surface area contributed by atoms with Gasteiger partial charge < -0.3 is 20.1 Å². The molecule has 2 aromatic rings. The Balaban J connectivity index is 1.86. The Morgan fingerprint density at radius 3 is 2.88 bits per heavy atom. The van der Waals surface area contributed by atoms with Gasteiger partial charge >= 0.3 is 0 Å². The number of nitrogens with zero attached hydrogens (tertiary/aromatic N) is 4. The summed E-state index contributed by atoms with van der Waals surface area (Å²) in [5.74, 6) is 1.68. The number of anilines is 2. The van der Waals surface area contributed by atoms with Crippen LogP contribution >= 0.6 is 0 Å². The van der Waals surface area contributed by atoms with Gasteiger partial charge in [0.2, 0.25) is 5.95 Å². The van der Waals surface area contributed by atoms with Crippen LogP contribution in [0.15, 0.2) is 6.07 Å². The Morgan fingerprint density at radius 1 is 1.40 bits per heavy atom. The van der Waals surface area contributed by atoms with Crippen LogP contribution in [0.4, 0.5) is 11.8 Å². The minimum atomic E-state index is 0.0404. The van der Waals surface area contributed by atoms with E-state index in [-0.39, 0.29) is 6.61 Å². The summed E-state index contributed by atoms with van der Waals surface area (Å²) >= 11 is 0. The van der Waals surface area contributed by atoms with Crippen LogP contribution in [-0.4, -0.2) is 58.7 Å². The Labute approximate surface area is 147 Å². The molecule has 0 bridgehead atoms. The predicted molar refractivity (Wildman–Crippen MR) is 96.0 cm³/mol. The number of aliphatic hydroxyl groups excluding tert-OH is 1. The molecular weight excluding hydrogens is 320 g/mol. The van der Waals surface area contributed by atoms with Crippen LogP contribution in [0.5, 0.6) is 0 Å². The highest BCUT2D eigenvalue weighted by Gasteiger charge is 2.22. The molecule has 136 valence electrons. The number of aliphatic hydroxyl groups is 1. The lowest BCUT2D eigenvalue weighted by atomic mass is 10.0. The van der Waals surface area contributed by atoms with Crippen molar-refractivity contribution in [1.29, 1.82) is 0 Å². The predicted octanol–water partition coefficient (Wildman–Crippen LogP) is 1.36. The quantitative estimate of drug-likeness (QED) is 0.696. The molecule has 3 N–H and O–H groups in total. The summed E-state index contributed by atoms with van der Waals surface area (Å²) in [7, 11) is 2.01. The SMILES string of the molecule is Cc1n[nH]c(C)c1CN(C)c1cc([C@H]2CCOC2)nc(NCCO)n1. The molecule has 8 heteroatoms. The Hall–Kier alpha value is -2.19. The van der Waals surface area contributed by atoms with Gasteiger partial charge in [0.15, 0.2) is 0 Å². The average molecular weight is 346 g/mol. The fraction of sp³-hybridized carbons (Fsp3) is 0.588. The number of nitrogens with one attached hydrogen (secondary N) is 2. The van der Waals surface area contributed by atoms with E-state index in [9.17, 15) is 0 Å². The second-order valence-electron chi connectivity index (χ2n) is 6.45. The minimum Gasteiger partial charge on any atom is -0.395 e. The molecule has 0 radical (unpaired) electrons. The van der Waals surface area contributed by atoms with Crippen LogP contribution in [0.25, 0.3) is 0 Å². The second kappa shape index (κ2) is 7.79. The van der Waals surface area contributed by atoms with Crippen LogP contribution in [0.1, 0.15) is 35.0 Å². The van der Waals surface area contributed by atoms with E-state index in [2.05, 4.69) is 30.4 Å². The summed E-state index contributed by atoms with van der Waals surface area (Å²) in [5, 5.41) is 19.4. The zero-order valence-electron chi connectivity index (χ0n) is 15.0. The van der Waals surface area contributed by atoms with E-state index >= 15 is 0 Å². The number of aryl methyl sites for hydroxylation is 2. The summed E-state index contributed by atoms with van der Waals surface area (Å²) in [5.41, 5.74) is 4.23. The first kappa shape index (κ1) is 17.6. The van der Waals surface area contributed by atoms with Gasteiger partial charge in [-0.05, 0) is 20.3 Å². The van der Waals surface area contributed by atoms with Gasteiger partial charge in [-0.25, -0.2) is 4.98 Å². The Bertz CT molecular complexity index is 692. The molecule has 1 saturated heterocycles. The van der Waals surface area contributed by atoms with Gasteiger partial charge in [0.05, 0.1) is 24.6 Å². The Morgan fingerprint density at radius 2 is 2.24 bits per heavy atom.